The van der Waals surface area contributed by atoms with Crippen LogP contribution in [-0.2, 0) is 9.59 Å². The second kappa shape index (κ2) is 13.0. The number of alkyl halides is 3. The minimum Gasteiger partial charge on any atom is -0.406 e. The van der Waals surface area contributed by atoms with Crippen molar-refractivity contribution in [1.29, 1.82) is 0 Å². The SMILES string of the molecule is CSC(=Nc1ccccc1C(C)C)C(C(C)=O)C(=O)Nc1ccc(-c2ncn(-c3ccc(OC(F)(F)F)cc3)n2)cc1. The van der Waals surface area contributed by atoms with Crippen molar-refractivity contribution in [2.75, 3.05) is 11.6 Å². The summed E-state index contributed by atoms with van der Waals surface area (Å²) >= 11 is 1.26. The molecule has 0 saturated heterocycles. The number of amides is 1. The van der Waals surface area contributed by atoms with Crippen LogP contribution in [0.15, 0.2) is 84.1 Å². The molecule has 0 aliphatic rings. The maximum atomic E-state index is 13.3. The summed E-state index contributed by atoms with van der Waals surface area (Å²) in [6.07, 6.45) is -1.56. The number of Topliss-reactive ketones (excluding diaryl/α,β-unsaturated/α-hetero) is 1. The number of para-hydroxylation sites is 1. The van der Waals surface area contributed by atoms with Gasteiger partial charge in [-0.15, -0.1) is 30.0 Å². The van der Waals surface area contributed by atoms with Crippen molar-refractivity contribution in [2.45, 2.75) is 33.1 Å². The van der Waals surface area contributed by atoms with E-state index in [9.17, 15) is 22.8 Å². The van der Waals surface area contributed by atoms with E-state index in [-0.39, 0.29) is 17.5 Å². The van der Waals surface area contributed by atoms with Crippen molar-refractivity contribution < 1.29 is 27.5 Å². The molecule has 0 saturated carbocycles. The van der Waals surface area contributed by atoms with Gasteiger partial charge in [0.25, 0.3) is 0 Å². The van der Waals surface area contributed by atoms with Crippen LogP contribution >= 0.6 is 11.8 Å². The Kier molecular flexibility index (Phi) is 9.46. The molecule has 8 nitrogen and oxygen atoms in total. The number of ketones is 1. The predicted octanol–water partition coefficient (Wildman–Crippen LogP) is 7.19. The number of aromatic nitrogens is 3. The number of thioether (sulfide) groups is 1. The standard InChI is InChI=1S/C30H28F3N5O3S/c1-18(2)24-7-5-6-8-25(24)36-29(42-4)26(19(3)39)28(40)35-21-11-9-20(10-12-21)27-34-17-38(37-27)22-13-15-23(16-14-22)41-30(31,32)33/h5-18,26H,1-4H3,(H,35,40). The summed E-state index contributed by atoms with van der Waals surface area (Å²) in [5.74, 6) is -1.66. The van der Waals surface area contributed by atoms with Gasteiger partial charge >= 0.3 is 6.36 Å². The van der Waals surface area contributed by atoms with Crippen LogP contribution in [0.5, 0.6) is 5.75 Å². The van der Waals surface area contributed by atoms with Crippen LogP contribution in [0.4, 0.5) is 24.5 Å². The maximum Gasteiger partial charge on any atom is 0.573 e. The summed E-state index contributed by atoms with van der Waals surface area (Å²) in [4.78, 5) is 34.8. The fourth-order valence-electron chi connectivity index (χ4n) is 4.13. The molecule has 3 aromatic carbocycles. The van der Waals surface area contributed by atoms with Gasteiger partial charge in [0.05, 0.1) is 16.4 Å². The van der Waals surface area contributed by atoms with Crippen molar-refractivity contribution in [1.82, 2.24) is 14.8 Å². The zero-order valence-corrected chi connectivity index (χ0v) is 24.0. The van der Waals surface area contributed by atoms with E-state index in [0.717, 1.165) is 11.3 Å². The van der Waals surface area contributed by atoms with Gasteiger partial charge in [-0.25, -0.2) is 14.7 Å². The Hall–Kier alpha value is -4.45. The number of carbonyl (C=O) groups excluding carboxylic acids is 2. The molecule has 1 heterocycles. The molecule has 12 heteroatoms. The van der Waals surface area contributed by atoms with Crippen LogP contribution in [0.25, 0.3) is 17.1 Å². The number of rotatable bonds is 9. The number of carbonyl (C=O) groups is 2. The van der Waals surface area contributed by atoms with E-state index >= 15 is 0 Å². The van der Waals surface area contributed by atoms with Crippen molar-refractivity contribution >= 4 is 39.9 Å². The number of nitrogens with zero attached hydrogens (tertiary/aromatic N) is 4. The molecule has 218 valence electrons. The van der Waals surface area contributed by atoms with E-state index < -0.39 is 18.2 Å². The number of hydrogen-bond acceptors (Lipinski definition) is 7. The Morgan fingerprint density at radius 2 is 1.67 bits per heavy atom. The molecule has 1 aromatic heterocycles. The number of hydrogen-bond donors (Lipinski definition) is 1. The fraction of sp³-hybridized carbons (Fsp3) is 0.233. The number of benzene rings is 3. The van der Waals surface area contributed by atoms with Gasteiger partial charge in [-0.3, -0.25) is 9.59 Å². The minimum absolute atomic E-state index is 0.218. The topological polar surface area (TPSA) is 98.5 Å². The Morgan fingerprint density at radius 3 is 2.26 bits per heavy atom. The third-order valence-corrected chi connectivity index (χ3v) is 6.90. The van der Waals surface area contributed by atoms with Crippen LogP contribution < -0.4 is 10.1 Å². The van der Waals surface area contributed by atoms with Crippen molar-refractivity contribution in [3.8, 4) is 22.8 Å². The summed E-state index contributed by atoms with van der Waals surface area (Å²) in [6, 6.07) is 19.6. The highest BCUT2D eigenvalue weighted by atomic mass is 32.2. The van der Waals surface area contributed by atoms with E-state index in [1.54, 1.807) is 30.5 Å². The third kappa shape index (κ3) is 7.64. The molecular formula is C30H28F3N5O3S. The van der Waals surface area contributed by atoms with Crippen molar-refractivity contribution in [2.24, 2.45) is 10.9 Å². The van der Waals surface area contributed by atoms with E-state index in [2.05, 4.69) is 34.0 Å². The van der Waals surface area contributed by atoms with Crippen LogP contribution in [0, 0.1) is 5.92 Å². The van der Waals surface area contributed by atoms with Gasteiger partial charge in [-0.1, -0.05) is 32.0 Å². The monoisotopic (exact) mass is 595 g/mol. The van der Waals surface area contributed by atoms with Crippen LogP contribution in [0.2, 0.25) is 0 Å². The lowest BCUT2D eigenvalue weighted by Crippen LogP contribution is -2.33. The summed E-state index contributed by atoms with van der Waals surface area (Å²) in [5, 5.41) is 7.58. The van der Waals surface area contributed by atoms with E-state index in [1.807, 2.05) is 24.3 Å². The van der Waals surface area contributed by atoms with E-state index in [4.69, 9.17) is 4.99 Å². The molecule has 1 amide bonds. The Bertz CT molecular complexity index is 1580. The average molecular weight is 596 g/mol. The number of ether oxygens (including phenoxy) is 1. The molecule has 0 radical (unpaired) electrons. The lowest BCUT2D eigenvalue weighted by molar-refractivity contribution is -0.274. The quantitative estimate of drug-likeness (QED) is 0.125. The molecule has 1 N–H and O–H groups in total. The van der Waals surface area contributed by atoms with Gasteiger partial charge in [0.1, 0.15) is 23.8 Å². The van der Waals surface area contributed by atoms with Gasteiger partial charge in [0, 0.05) is 11.3 Å². The minimum atomic E-state index is -4.77. The molecule has 0 fully saturated rings. The smallest absolute Gasteiger partial charge is 0.406 e. The lowest BCUT2D eigenvalue weighted by Gasteiger charge is -2.17. The summed E-state index contributed by atoms with van der Waals surface area (Å²) < 4.78 is 42.5. The molecule has 4 rings (SSSR count). The Labute approximate surface area is 245 Å². The van der Waals surface area contributed by atoms with Gasteiger partial charge in [-0.05, 0) is 79.3 Å². The third-order valence-electron chi connectivity index (χ3n) is 6.15. The lowest BCUT2D eigenvalue weighted by atomic mass is 10.0. The molecule has 0 aliphatic carbocycles. The van der Waals surface area contributed by atoms with Crippen LogP contribution in [-0.4, -0.2) is 44.1 Å². The van der Waals surface area contributed by atoms with Gasteiger partial charge in [-0.2, -0.15) is 0 Å². The van der Waals surface area contributed by atoms with Crippen molar-refractivity contribution in [3.05, 3.63) is 84.7 Å². The highest BCUT2D eigenvalue weighted by Gasteiger charge is 2.31. The Balaban J connectivity index is 1.48. The van der Waals surface area contributed by atoms with E-state index in [1.165, 1.54) is 54.0 Å². The van der Waals surface area contributed by atoms with Gasteiger partial charge in [0.15, 0.2) is 5.82 Å². The predicted molar refractivity (Wildman–Crippen MR) is 157 cm³/mol. The molecule has 4 aromatic rings. The van der Waals surface area contributed by atoms with Gasteiger partial charge in [0.2, 0.25) is 5.91 Å². The molecule has 1 atom stereocenters. The molecule has 0 spiro atoms. The molecular weight excluding hydrogens is 567 g/mol. The zero-order chi connectivity index (χ0) is 30.4. The van der Waals surface area contributed by atoms with Gasteiger partial charge < -0.3 is 10.1 Å². The zero-order valence-electron chi connectivity index (χ0n) is 23.2. The van der Waals surface area contributed by atoms with Crippen molar-refractivity contribution in [3.63, 3.8) is 0 Å². The number of aliphatic imine (C=N–C) groups is 1. The number of nitrogens with one attached hydrogen (secondary N) is 1. The van der Waals surface area contributed by atoms with E-state index in [0.29, 0.717) is 27.8 Å². The number of anilines is 1. The van der Waals surface area contributed by atoms with Crippen LogP contribution in [0.3, 0.4) is 0 Å². The first-order chi connectivity index (χ1) is 19.9. The number of halogens is 3. The molecule has 1 unspecified atom stereocenters. The van der Waals surface area contributed by atoms with Crippen LogP contribution in [0.1, 0.15) is 32.3 Å². The normalized spacial score (nSPS) is 12.7. The highest BCUT2D eigenvalue weighted by Crippen LogP contribution is 2.29. The maximum absolute atomic E-state index is 13.3. The first-order valence-corrected chi connectivity index (χ1v) is 14.1. The average Bonchev–Trinajstić information content (AvgIpc) is 3.43. The molecule has 42 heavy (non-hydrogen) atoms. The first kappa shape index (κ1) is 30.5. The molecule has 0 aliphatic heterocycles. The second-order valence-corrected chi connectivity index (χ2v) is 10.4. The molecule has 0 bridgehead atoms. The summed E-state index contributed by atoms with van der Waals surface area (Å²) in [5.41, 5.74) is 3.34. The fourth-order valence-corrected chi connectivity index (χ4v) is 4.83. The summed E-state index contributed by atoms with van der Waals surface area (Å²) in [6.45, 7) is 5.48. The Morgan fingerprint density at radius 1 is 1.00 bits per heavy atom. The summed E-state index contributed by atoms with van der Waals surface area (Å²) in [7, 11) is 0. The highest BCUT2D eigenvalue weighted by molar-refractivity contribution is 8.13. The first-order valence-electron chi connectivity index (χ1n) is 12.9. The second-order valence-electron chi connectivity index (χ2n) is 9.53. The largest absolute Gasteiger partial charge is 0.573 e.